The number of imidazole rings is 1. The Labute approximate surface area is 186 Å². The lowest BCUT2D eigenvalue weighted by Gasteiger charge is -2.26. The molecule has 32 heavy (non-hydrogen) atoms. The van der Waals surface area contributed by atoms with Crippen LogP contribution in [0.4, 0.5) is 10.3 Å². The molecule has 10 heteroatoms. The maximum atomic E-state index is 14.5. The predicted octanol–water partition coefficient (Wildman–Crippen LogP) is 3.20. The zero-order chi connectivity index (χ0) is 23.1. The molecule has 0 aliphatic carbocycles. The quantitative estimate of drug-likeness (QED) is 0.645. The number of hydrogen-bond donors (Lipinski definition) is 1. The second-order valence-electron chi connectivity index (χ2n) is 8.55. The number of carbonyl (C=O) groups excluding carboxylic acids is 1. The van der Waals surface area contributed by atoms with Crippen LogP contribution < -0.4 is 5.32 Å². The van der Waals surface area contributed by atoms with Gasteiger partial charge in [-0.05, 0) is 51.1 Å². The van der Waals surface area contributed by atoms with E-state index in [1.54, 1.807) is 0 Å². The first kappa shape index (κ1) is 22.4. The average molecular weight is 461 g/mol. The lowest BCUT2D eigenvalue weighted by atomic mass is 10.1. The van der Waals surface area contributed by atoms with Crippen molar-refractivity contribution < 1.29 is 22.3 Å². The zero-order valence-corrected chi connectivity index (χ0v) is 18.9. The SMILES string of the molecule is CC(C)(C)n1c(NC(=O)c2ccc(F)c(S(=O)(=O)N3CCOCC3)c2)nc2ccccc21. The maximum Gasteiger partial charge on any atom is 0.258 e. The fourth-order valence-electron chi connectivity index (χ4n) is 3.73. The minimum atomic E-state index is -4.10. The molecule has 1 aromatic heterocycles. The molecule has 1 aliphatic heterocycles. The third kappa shape index (κ3) is 4.13. The summed E-state index contributed by atoms with van der Waals surface area (Å²) >= 11 is 0. The highest BCUT2D eigenvalue weighted by Crippen LogP contribution is 2.29. The highest BCUT2D eigenvalue weighted by molar-refractivity contribution is 7.89. The van der Waals surface area contributed by atoms with Crippen LogP contribution in [0.2, 0.25) is 0 Å². The molecule has 0 saturated carbocycles. The number of morpholine rings is 1. The average Bonchev–Trinajstić information content (AvgIpc) is 3.12. The van der Waals surface area contributed by atoms with Crippen molar-refractivity contribution in [3.63, 3.8) is 0 Å². The van der Waals surface area contributed by atoms with Gasteiger partial charge in [0.1, 0.15) is 10.7 Å². The fourth-order valence-corrected chi connectivity index (χ4v) is 5.23. The lowest BCUT2D eigenvalue weighted by molar-refractivity contribution is 0.0729. The van der Waals surface area contributed by atoms with E-state index in [0.717, 1.165) is 22.0 Å². The Balaban J connectivity index is 1.69. The molecule has 1 saturated heterocycles. The Morgan fingerprint density at radius 1 is 1.12 bits per heavy atom. The van der Waals surface area contributed by atoms with E-state index in [1.807, 2.05) is 49.6 Å². The van der Waals surface area contributed by atoms with Gasteiger partial charge >= 0.3 is 0 Å². The van der Waals surface area contributed by atoms with E-state index in [2.05, 4.69) is 10.3 Å². The third-order valence-corrected chi connectivity index (χ3v) is 7.15. The molecule has 1 fully saturated rings. The molecule has 0 unspecified atom stereocenters. The number of carbonyl (C=O) groups is 1. The molecule has 2 heterocycles. The molecule has 1 N–H and O–H groups in total. The van der Waals surface area contributed by atoms with E-state index in [-0.39, 0.29) is 37.4 Å². The minimum absolute atomic E-state index is 0.0192. The van der Waals surface area contributed by atoms with Gasteiger partial charge in [-0.15, -0.1) is 0 Å². The van der Waals surface area contributed by atoms with Gasteiger partial charge in [0.2, 0.25) is 16.0 Å². The number of sulfonamides is 1. The van der Waals surface area contributed by atoms with E-state index >= 15 is 0 Å². The van der Waals surface area contributed by atoms with Crippen LogP contribution in [0.25, 0.3) is 11.0 Å². The minimum Gasteiger partial charge on any atom is -0.379 e. The summed E-state index contributed by atoms with van der Waals surface area (Å²) in [5.74, 6) is -1.16. The third-order valence-electron chi connectivity index (χ3n) is 5.24. The smallest absolute Gasteiger partial charge is 0.258 e. The largest absolute Gasteiger partial charge is 0.379 e. The molecule has 3 aromatic rings. The Bertz CT molecular complexity index is 1270. The van der Waals surface area contributed by atoms with Gasteiger partial charge in [-0.25, -0.2) is 17.8 Å². The number of anilines is 1. The lowest BCUT2D eigenvalue weighted by Crippen LogP contribution is -2.41. The standard InChI is InChI=1S/C22H25FN4O4S/c1-22(2,3)27-18-7-5-4-6-17(18)24-21(27)25-20(28)15-8-9-16(23)19(14-15)32(29,30)26-10-12-31-13-11-26/h4-9,14H,10-13H2,1-3H3,(H,24,25,28). The van der Waals surface area contributed by atoms with E-state index in [4.69, 9.17) is 4.74 Å². The number of nitrogens with zero attached hydrogens (tertiary/aromatic N) is 3. The van der Waals surface area contributed by atoms with Crippen LogP contribution in [0.3, 0.4) is 0 Å². The molecular formula is C22H25FN4O4S. The molecule has 0 radical (unpaired) electrons. The van der Waals surface area contributed by atoms with Gasteiger partial charge in [-0.2, -0.15) is 4.31 Å². The summed E-state index contributed by atoms with van der Waals surface area (Å²) in [6, 6.07) is 10.8. The first-order chi connectivity index (χ1) is 15.1. The Hall–Kier alpha value is -2.82. The topological polar surface area (TPSA) is 93.5 Å². The van der Waals surface area contributed by atoms with E-state index in [9.17, 15) is 17.6 Å². The highest BCUT2D eigenvalue weighted by Gasteiger charge is 2.30. The second-order valence-corrected chi connectivity index (χ2v) is 10.5. The van der Waals surface area contributed by atoms with Gasteiger partial charge in [0.05, 0.1) is 24.2 Å². The molecule has 1 amide bonds. The van der Waals surface area contributed by atoms with Crippen LogP contribution in [0, 0.1) is 5.82 Å². The van der Waals surface area contributed by atoms with Gasteiger partial charge in [0.15, 0.2) is 0 Å². The summed E-state index contributed by atoms with van der Waals surface area (Å²) < 4.78 is 48.6. The number of nitrogens with one attached hydrogen (secondary N) is 1. The summed E-state index contributed by atoms with van der Waals surface area (Å²) in [6.45, 7) is 6.71. The van der Waals surface area contributed by atoms with Crippen molar-refractivity contribution in [1.29, 1.82) is 0 Å². The Morgan fingerprint density at radius 3 is 2.50 bits per heavy atom. The molecular weight excluding hydrogens is 435 g/mol. The fraction of sp³-hybridized carbons (Fsp3) is 0.364. The van der Waals surface area contributed by atoms with Gasteiger partial charge in [-0.3, -0.25) is 10.1 Å². The van der Waals surface area contributed by atoms with Crippen molar-refractivity contribution in [2.24, 2.45) is 0 Å². The molecule has 8 nitrogen and oxygen atoms in total. The number of rotatable bonds is 4. The summed E-state index contributed by atoms with van der Waals surface area (Å²) in [5.41, 5.74) is 1.20. The molecule has 4 rings (SSSR count). The molecule has 0 atom stereocenters. The number of ether oxygens (including phenoxy) is 1. The zero-order valence-electron chi connectivity index (χ0n) is 18.1. The second kappa shape index (κ2) is 8.27. The number of fused-ring (bicyclic) bond motifs is 1. The first-order valence-electron chi connectivity index (χ1n) is 10.3. The first-order valence-corrected chi connectivity index (χ1v) is 11.7. The van der Waals surface area contributed by atoms with Crippen molar-refractivity contribution in [2.45, 2.75) is 31.2 Å². The van der Waals surface area contributed by atoms with Crippen molar-refractivity contribution in [3.8, 4) is 0 Å². The van der Waals surface area contributed by atoms with Crippen LogP contribution in [0.1, 0.15) is 31.1 Å². The van der Waals surface area contributed by atoms with Gasteiger partial charge < -0.3 is 9.30 Å². The summed E-state index contributed by atoms with van der Waals surface area (Å²) in [7, 11) is -4.10. The van der Waals surface area contributed by atoms with Crippen molar-refractivity contribution in [1.82, 2.24) is 13.9 Å². The van der Waals surface area contributed by atoms with Crippen LogP contribution in [-0.4, -0.2) is 54.5 Å². The molecule has 0 spiro atoms. The summed E-state index contributed by atoms with van der Waals surface area (Å²) in [5, 5.41) is 2.76. The molecule has 2 aromatic carbocycles. The van der Waals surface area contributed by atoms with Crippen LogP contribution in [0.15, 0.2) is 47.4 Å². The monoisotopic (exact) mass is 460 g/mol. The normalized spacial score (nSPS) is 15.8. The van der Waals surface area contributed by atoms with Crippen molar-refractivity contribution in [2.75, 3.05) is 31.6 Å². The van der Waals surface area contributed by atoms with Crippen molar-refractivity contribution in [3.05, 3.63) is 53.8 Å². The number of benzene rings is 2. The molecule has 170 valence electrons. The Morgan fingerprint density at radius 2 is 1.81 bits per heavy atom. The van der Waals surface area contributed by atoms with Crippen molar-refractivity contribution >= 4 is 32.9 Å². The number of halogens is 1. The predicted molar refractivity (Wildman–Crippen MR) is 119 cm³/mol. The highest BCUT2D eigenvalue weighted by atomic mass is 32.2. The number of aromatic nitrogens is 2. The van der Waals surface area contributed by atoms with Gasteiger partial charge in [-0.1, -0.05) is 12.1 Å². The maximum absolute atomic E-state index is 14.5. The van der Waals surface area contributed by atoms with Gasteiger partial charge in [0.25, 0.3) is 5.91 Å². The summed E-state index contributed by atoms with van der Waals surface area (Å²) in [6.07, 6.45) is 0. The van der Waals surface area contributed by atoms with E-state index < -0.39 is 26.6 Å². The van der Waals surface area contributed by atoms with Crippen LogP contribution >= 0.6 is 0 Å². The number of para-hydroxylation sites is 2. The van der Waals surface area contributed by atoms with Crippen LogP contribution in [0.5, 0.6) is 0 Å². The molecule has 1 aliphatic rings. The Kier molecular flexibility index (Phi) is 5.78. The van der Waals surface area contributed by atoms with Gasteiger partial charge in [0, 0.05) is 24.2 Å². The van der Waals surface area contributed by atoms with Crippen LogP contribution in [-0.2, 0) is 20.3 Å². The summed E-state index contributed by atoms with van der Waals surface area (Å²) in [4.78, 5) is 17.0. The number of hydrogen-bond acceptors (Lipinski definition) is 5. The van der Waals surface area contributed by atoms with E-state index in [0.29, 0.717) is 11.5 Å². The van der Waals surface area contributed by atoms with E-state index in [1.165, 1.54) is 6.07 Å². The molecule has 0 bridgehead atoms. The number of amides is 1.